The number of halogens is 1. The molecule has 2 heteroatoms. The van der Waals surface area contributed by atoms with Crippen LogP contribution in [-0.4, -0.2) is 3.92 Å². The molecule has 1 atom stereocenters. The second kappa shape index (κ2) is 6.35. The summed E-state index contributed by atoms with van der Waals surface area (Å²) < 4.78 is 0.854. The molecule has 0 bridgehead atoms. The second-order valence-electron chi connectivity index (χ2n) is 1.19. The molecule has 0 spiro atoms. The molecule has 0 N–H and O–H groups in total. The Labute approximate surface area is 66.0 Å². The first-order valence-corrected chi connectivity index (χ1v) is 3.16. The van der Waals surface area contributed by atoms with E-state index in [2.05, 4.69) is 36.4 Å². The Morgan fingerprint density at radius 2 is 1.83 bits per heavy atom. The molecular formula is C4H9IZn+2. The molecular weight excluding hydrogens is 240 g/mol. The summed E-state index contributed by atoms with van der Waals surface area (Å²) in [6.07, 6.45) is 1.29. The molecule has 1 unspecified atom stereocenters. The zero-order valence-electron chi connectivity index (χ0n) is 4.37. The van der Waals surface area contributed by atoms with Crippen LogP contribution in [0.2, 0.25) is 0 Å². The average Bonchev–Trinajstić information content (AvgIpc) is 1.38. The van der Waals surface area contributed by atoms with Crippen molar-refractivity contribution in [3.05, 3.63) is 0 Å². The van der Waals surface area contributed by atoms with Crippen molar-refractivity contribution in [3.63, 3.8) is 0 Å². The average molecular weight is 249 g/mol. The Balaban J connectivity index is 0. The molecule has 0 saturated carbocycles. The fourth-order valence-electron chi connectivity index (χ4n) is 0. The molecule has 0 saturated heterocycles. The van der Waals surface area contributed by atoms with E-state index in [9.17, 15) is 0 Å². The number of alkyl halides is 1. The second-order valence-corrected chi connectivity index (χ2v) is 3.32. The van der Waals surface area contributed by atoms with Gasteiger partial charge in [-0.15, -0.1) is 0 Å². The SMILES string of the molecule is CCC(C)I.[Zn+2]. The smallest absolute Gasteiger partial charge is 0.0829 e. The van der Waals surface area contributed by atoms with E-state index in [1.54, 1.807) is 0 Å². The van der Waals surface area contributed by atoms with Crippen molar-refractivity contribution in [1.29, 1.82) is 0 Å². The molecule has 6 heavy (non-hydrogen) atoms. The van der Waals surface area contributed by atoms with Crippen molar-refractivity contribution in [2.45, 2.75) is 24.2 Å². The van der Waals surface area contributed by atoms with Crippen molar-refractivity contribution in [1.82, 2.24) is 0 Å². The predicted molar refractivity (Wildman–Crippen MR) is 33.8 cm³/mol. The van der Waals surface area contributed by atoms with Crippen LogP contribution in [0.4, 0.5) is 0 Å². The van der Waals surface area contributed by atoms with Crippen LogP contribution < -0.4 is 0 Å². The first-order chi connectivity index (χ1) is 2.27. The van der Waals surface area contributed by atoms with Gasteiger partial charge in [0.15, 0.2) is 0 Å². The van der Waals surface area contributed by atoms with E-state index in [1.807, 2.05) is 0 Å². The van der Waals surface area contributed by atoms with Gasteiger partial charge < -0.3 is 0 Å². The van der Waals surface area contributed by atoms with Gasteiger partial charge in [0, 0.05) is 3.92 Å². The fraction of sp³-hybridized carbons (Fsp3) is 1.00. The van der Waals surface area contributed by atoms with Crippen LogP contribution in [0.3, 0.4) is 0 Å². The molecule has 0 aliphatic rings. The normalized spacial score (nSPS) is 12.5. The van der Waals surface area contributed by atoms with Crippen molar-refractivity contribution >= 4 is 22.6 Å². The Morgan fingerprint density at radius 3 is 1.83 bits per heavy atom. The van der Waals surface area contributed by atoms with Crippen molar-refractivity contribution in [2.24, 2.45) is 0 Å². The third kappa shape index (κ3) is 9.02. The molecule has 0 nitrogen and oxygen atoms in total. The van der Waals surface area contributed by atoms with E-state index in [0.717, 1.165) is 3.92 Å². The zero-order chi connectivity index (χ0) is 4.28. The van der Waals surface area contributed by atoms with Gasteiger partial charge in [0.05, 0.1) is 0 Å². The summed E-state index contributed by atoms with van der Waals surface area (Å²) in [6, 6.07) is 0. The Morgan fingerprint density at radius 1 is 1.67 bits per heavy atom. The minimum atomic E-state index is 0. The van der Waals surface area contributed by atoms with Crippen molar-refractivity contribution in [3.8, 4) is 0 Å². The summed E-state index contributed by atoms with van der Waals surface area (Å²) >= 11 is 2.41. The van der Waals surface area contributed by atoms with Crippen LogP contribution in [0, 0.1) is 0 Å². The molecule has 0 aromatic heterocycles. The third-order valence-electron chi connectivity index (χ3n) is 0.563. The van der Waals surface area contributed by atoms with Crippen LogP contribution in [0.25, 0.3) is 0 Å². The summed E-state index contributed by atoms with van der Waals surface area (Å²) in [6.45, 7) is 4.40. The summed E-state index contributed by atoms with van der Waals surface area (Å²) in [4.78, 5) is 0. The monoisotopic (exact) mass is 248 g/mol. The first kappa shape index (κ1) is 10.4. The number of hydrogen-bond acceptors (Lipinski definition) is 0. The van der Waals surface area contributed by atoms with Gasteiger partial charge >= 0.3 is 19.5 Å². The third-order valence-corrected chi connectivity index (χ3v) is 1.44. The Bertz CT molecular complexity index is 21.5. The van der Waals surface area contributed by atoms with Crippen LogP contribution in [-0.2, 0) is 19.5 Å². The van der Waals surface area contributed by atoms with Gasteiger partial charge in [0.25, 0.3) is 0 Å². The summed E-state index contributed by atoms with van der Waals surface area (Å²) in [5, 5.41) is 0. The maximum atomic E-state index is 2.41. The van der Waals surface area contributed by atoms with E-state index >= 15 is 0 Å². The topological polar surface area (TPSA) is 0 Å². The van der Waals surface area contributed by atoms with E-state index < -0.39 is 0 Å². The largest absolute Gasteiger partial charge is 2.00 e. The van der Waals surface area contributed by atoms with Gasteiger partial charge in [-0.3, -0.25) is 0 Å². The zero-order valence-corrected chi connectivity index (χ0v) is 9.49. The van der Waals surface area contributed by atoms with E-state index in [-0.39, 0.29) is 19.5 Å². The molecule has 0 fully saturated rings. The first-order valence-electron chi connectivity index (χ1n) is 1.91. The molecule has 0 radical (unpaired) electrons. The minimum Gasteiger partial charge on any atom is -0.0829 e. The molecule has 32 valence electrons. The van der Waals surface area contributed by atoms with Gasteiger partial charge in [-0.05, 0) is 6.42 Å². The molecule has 0 heterocycles. The van der Waals surface area contributed by atoms with Crippen LogP contribution >= 0.6 is 22.6 Å². The standard InChI is InChI=1S/C4H9I.Zn/c1-3-4(2)5;/h4H,3H2,1-2H3;/q;+2. The summed E-state index contributed by atoms with van der Waals surface area (Å²) in [7, 11) is 0. The quantitative estimate of drug-likeness (QED) is 0.380. The fourth-order valence-corrected chi connectivity index (χ4v) is 0. The van der Waals surface area contributed by atoms with Gasteiger partial charge in [-0.1, -0.05) is 36.4 Å². The maximum Gasteiger partial charge on any atom is 2.00 e. The minimum absolute atomic E-state index is 0. The van der Waals surface area contributed by atoms with Gasteiger partial charge in [0.1, 0.15) is 0 Å². The van der Waals surface area contributed by atoms with E-state index in [0.29, 0.717) is 0 Å². The maximum absolute atomic E-state index is 2.41. The summed E-state index contributed by atoms with van der Waals surface area (Å²) in [5.74, 6) is 0. The number of rotatable bonds is 1. The summed E-state index contributed by atoms with van der Waals surface area (Å²) in [5.41, 5.74) is 0. The molecule has 0 aliphatic heterocycles. The Hall–Kier alpha value is 1.35. The molecule has 0 aliphatic carbocycles. The van der Waals surface area contributed by atoms with Crippen molar-refractivity contribution < 1.29 is 19.5 Å². The van der Waals surface area contributed by atoms with Gasteiger partial charge in [-0.25, -0.2) is 0 Å². The van der Waals surface area contributed by atoms with Crippen LogP contribution in [0.5, 0.6) is 0 Å². The van der Waals surface area contributed by atoms with Crippen LogP contribution in [0.1, 0.15) is 20.3 Å². The Kier molecular flexibility index (Phi) is 11.0. The van der Waals surface area contributed by atoms with Crippen LogP contribution in [0.15, 0.2) is 0 Å². The number of hydrogen-bond donors (Lipinski definition) is 0. The molecule has 0 aromatic rings. The van der Waals surface area contributed by atoms with E-state index in [1.165, 1.54) is 6.42 Å². The predicted octanol–water partition coefficient (Wildman–Crippen LogP) is 2.22. The van der Waals surface area contributed by atoms with Gasteiger partial charge in [-0.2, -0.15) is 0 Å². The van der Waals surface area contributed by atoms with Crippen molar-refractivity contribution in [2.75, 3.05) is 0 Å². The molecule has 0 amide bonds. The van der Waals surface area contributed by atoms with E-state index in [4.69, 9.17) is 0 Å². The molecule has 0 aromatic carbocycles. The van der Waals surface area contributed by atoms with Gasteiger partial charge in [0.2, 0.25) is 0 Å². The molecule has 0 rings (SSSR count).